The molecule has 4 heteroatoms. The molecule has 0 aliphatic rings. The minimum absolute atomic E-state index is 0.162. The molecule has 0 saturated carbocycles. The van der Waals surface area contributed by atoms with Crippen LogP contribution in [-0.2, 0) is 6.54 Å². The first kappa shape index (κ1) is 14.7. The first-order chi connectivity index (χ1) is 9.56. The van der Waals surface area contributed by atoms with Crippen molar-refractivity contribution in [1.29, 1.82) is 0 Å². The van der Waals surface area contributed by atoms with Crippen LogP contribution >= 0.6 is 15.9 Å². The molecule has 1 N–H and O–H groups in total. The predicted molar refractivity (Wildman–Crippen MR) is 83.6 cm³/mol. The molecular weight excluding hydrogens is 316 g/mol. The third kappa shape index (κ3) is 3.90. The van der Waals surface area contributed by atoms with Gasteiger partial charge >= 0.3 is 0 Å². The number of nitrogens with zero attached hydrogens (tertiary/aromatic N) is 1. The van der Waals surface area contributed by atoms with Gasteiger partial charge in [-0.1, -0.05) is 38.1 Å². The van der Waals surface area contributed by atoms with Crippen LogP contribution in [0.15, 0.2) is 47.1 Å². The topological polar surface area (TPSA) is 42.0 Å². The largest absolute Gasteiger partial charge is 0.347 e. The monoisotopic (exact) mass is 332 g/mol. The van der Waals surface area contributed by atoms with Crippen LogP contribution in [0.25, 0.3) is 0 Å². The lowest BCUT2D eigenvalue weighted by atomic mass is 10.0. The number of pyridine rings is 1. The van der Waals surface area contributed by atoms with E-state index in [9.17, 15) is 4.79 Å². The van der Waals surface area contributed by atoms with Crippen LogP contribution in [0, 0.1) is 0 Å². The van der Waals surface area contributed by atoms with Crippen LogP contribution in [0.4, 0.5) is 0 Å². The summed E-state index contributed by atoms with van der Waals surface area (Å²) in [4.78, 5) is 16.0. The molecule has 3 nitrogen and oxygen atoms in total. The molecule has 1 aromatic heterocycles. The van der Waals surface area contributed by atoms with Crippen LogP contribution in [0.5, 0.6) is 0 Å². The number of carbonyl (C=O) groups is 1. The van der Waals surface area contributed by atoms with Gasteiger partial charge in [0, 0.05) is 17.2 Å². The molecule has 2 rings (SSSR count). The Kier molecular flexibility index (Phi) is 4.90. The Morgan fingerprint density at radius 1 is 1.20 bits per heavy atom. The second-order valence-electron chi connectivity index (χ2n) is 4.94. The number of halogens is 1. The maximum absolute atomic E-state index is 11.9. The zero-order valence-corrected chi connectivity index (χ0v) is 13.1. The molecule has 2 aromatic rings. The van der Waals surface area contributed by atoms with Crippen LogP contribution in [0.3, 0.4) is 0 Å². The average Bonchev–Trinajstić information content (AvgIpc) is 2.46. The molecule has 0 atom stereocenters. The van der Waals surface area contributed by atoms with E-state index < -0.39 is 0 Å². The van der Waals surface area contributed by atoms with Crippen LogP contribution < -0.4 is 5.32 Å². The highest BCUT2D eigenvalue weighted by molar-refractivity contribution is 9.10. The summed E-state index contributed by atoms with van der Waals surface area (Å²) in [5.41, 5.74) is 2.81. The van der Waals surface area contributed by atoms with Crippen molar-refractivity contribution in [1.82, 2.24) is 10.3 Å². The van der Waals surface area contributed by atoms with E-state index in [1.54, 1.807) is 18.3 Å². The second-order valence-corrected chi connectivity index (χ2v) is 5.86. The fraction of sp³-hybridized carbons (Fsp3) is 0.250. The number of hydrogen-bond donors (Lipinski definition) is 1. The molecule has 0 bridgehead atoms. The van der Waals surface area contributed by atoms with Crippen molar-refractivity contribution in [2.45, 2.75) is 26.3 Å². The third-order valence-corrected chi connectivity index (χ3v) is 3.53. The Hall–Kier alpha value is -1.68. The molecule has 0 fully saturated rings. The van der Waals surface area contributed by atoms with Crippen molar-refractivity contribution in [3.63, 3.8) is 0 Å². The quantitative estimate of drug-likeness (QED) is 0.922. The highest BCUT2D eigenvalue weighted by Gasteiger charge is 2.06. The van der Waals surface area contributed by atoms with Crippen molar-refractivity contribution in [3.05, 3.63) is 63.9 Å². The SMILES string of the molecule is CC(C)c1ccc(CNC(=O)c2ccc(Br)cn2)cc1. The van der Waals surface area contributed by atoms with Gasteiger partial charge in [-0.2, -0.15) is 0 Å². The lowest BCUT2D eigenvalue weighted by Crippen LogP contribution is -2.23. The first-order valence-corrected chi connectivity index (χ1v) is 7.34. The Morgan fingerprint density at radius 2 is 1.90 bits per heavy atom. The molecule has 0 aliphatic heterocycles. The first-order valence-electron chi connectivity index (χ1n) is 6.55. The Labute approximate surface area is 127 Å². The molecule has 1 aromatic carbocycles. The summed E-state index contributed by atoms with van der Waals surface area (Å²) in [6, 6.07) is 11.8. The van der Waals surface area contributed by atoms with E-state index in [1.807, 2.05) is 12.1 Å². The van der Waals surface area contributed by atoms with Gasteiger partial charge in [0.05, 0.1) is 0 Å². The van der Waals surface area contributed by atoms with E-state index >= 15 is 0 Å². The molecule has 0 saturated heterocycles. The molecule has 20 heavy (non-hydrogen) atoms. The molecule has 0 spiro atoms. The second kappa shape index (κ2) is 6.66. The van der Waals surface area contributed by atoms with Crippen molar-refractivity contribution >= 4 is 21.8 Å². The minimum atomic E-state index is -0.162. The number of hydrogen-bond acceptors (Lipinski definition) is 2. The lowest BCUT2D eigenvalue weighted by molar-refractivity contribution is 0.0946. The fourth-order valence-corrected chi connectivity index (χ4v) is 2.04. The number of aromatic nitrogens is 1. The van der Waals surface area contributed by atoms with Gasteiger partial charge in [0.15, 0.2) is 0 Å². The van der Waals surface area contributed by atoms with Crippen molar-refractivity contribution in [3.8, 4) is 0 Å². The van der Waals surface area contributed by atoms with Crippen molar-refractivity contribution in [2.75, 3.05) is 0 Å². The van der Waals surface area contributed by atoms with Crippen molar-refractivity contribution in [2.24, 2.45) is 0 Å². The standard InChI is InChI=1S/C16H17BrN2O/c1-11(2)13-5-3-12(4-6-13)9-19-16(20)15-8-7-14(17)10-18-15/h3-8,10-11H,9H2,1-2H3,(H,19,20). The highest BCUT2D eigenvalue weighted by atomic mass is 79.9. The average molecular weight is 333 g/mol. The molecule has 104 valence electrons. The number of benzene rings is 1. The lowest BCUT2D eigenvalue weighted by Gasteiger charge is -2.08. The van der Waals surface area contributed by atoms with E-state index in [0.717, 1.165) is 10.0 Å². The number of nitrogens with one attached hydrogen (secondary N) is 1. The molecule has 1 heterocycles. The van der Waals surface area contributed by atoms with E-state index in [2.05, 4.69) is 52.2 Å². The molecular formula is C16H17BrN2O. The van der Waals surface area contributed by atoms with E-state index in [0.29, 0.717) is 18.2 Å². The van der Waals surface area contributed by atoms with Gasteiger partial charge in [0.25, 0.3) is 5.91 Å². The van der Waals surface area contributed by atoms with Gasteiger partial charge in [0.2, 0.25) is 0 Å². The number of rotatable bonds is 4. The summed E-state index contributed by atoms with van der Waals surface area (Å²) >= 11 is 3.29. The molecule has 0 radical (unpaired) electrons. The number of carbonyl (C=O) groups excluding carboxylic acids is 1. The predicted octanol–water partition coefficient (Wildman–Crippen LogP) is 3.90. The smallest absolute Gasteiger partial charge is 0.270 e. The molecule has 1 amide bonds. The van der Waals surface area contributed by atoms with Crippen molar-refractivity contribution < 1.29 is 4.79 Å². The summed E-state index contributed by atoms with van der Waals surface area (Å²) in [5, 5.41) is 2.87. The Bertz CT molecular complexity index is 576. The van der Waals surface area contributed by atoms with Crippen LogP contribution in [0.1, 0.15) is 41.4 Å². The minimum Gasteiger partial charge on any atom is -0.347 e. The normalized spacial score (nSPS) is 10.6. The summed E-state index contributed by atoms with van der Waals surface area (Å²) in [7, 11) is 0. The van der Waals surface area contributed by atoms with Gasteiger partial charge < -0.3 is 5.32 Å². The highest BCUT2D eigenvalue weighted by Crippen LogP contribution is 2.14. The van der Waals surface area contributed by atoms with Gasteiger partial charge in [-0.3, -0.25) is 4.79 Å². The van der Waals surface area contributed by atoms with E-state index in [4.69, 9.17) is 0 Å². The van der Waals surface area contributed by atoms with Gasteiger partial charge in [-0.25, -0.2) is 4.98 Å². The summed E-state index contributed by atoms with van der Waals surface area (Å²) in [6.07, 6.45) is 1.62. The summed E-state index contributed by atoms with van der Waals surface area (Å²) in [6.45, 7) is 4.83. The Morgan fingerprint density at radius 3 is 2.45 bits per heavy atom. The maximum Gasteiger partial charge on any atom is 0.270 e. The van der Waals surface area contributed by atoms with E-state index in [-0.39, 0.29) is 5.91 Å². The molecule has 0 unspecified atom stereocenters. The zero-order chi connectivity index (χ0) is 14.5. The van der Waals surface area contributed by atoms with Gasteiger partial charge in [-0.05, 0) is 45.1 Å². The summed E-state index contributed by atoms with van der Waals surface area (Å²) < 4.78 is 0.860. The zero-order valence-electron chi connectivity index (χ0n) is 11.6. The van der Waals surface area contributed by atoms with Gasteiger partial charge in [0.1, 0.15) is 5.69 Å². The fourth-order valence-electron chi connectivity index (χ4n) is 1.80. The summed E-state index contributed by atoms with van der Waals surface area (Å²) in [5.74, 6) is 0.357. The van der Waals surface area contributed by atoms with Gasteiger partial charge in [-0.15, -0.1) is 0 Å². The molecule has 0 aliphatic carbocycles. The van der Waals surface area contributed by atoms with Crippen LogP contribution in [-0.4, -0.2) is 10.9 Å². The van der Waals surface area contributed by atoms with Crippen LogP contribution in [0.2, 0.25) is 0 Å². The Balaban J connectivity index is 1.94. The third-order valence-electron chi connectivity index (χ3n) is 3.06. The maximum atomic E-state index is 11.9. The van der Waals surface area contributed by atoms with E-state index in [1.165, 1.54) is 5.56 Å². The number of amides is 1.